The summed E-state index contributed by atoms with van der Waals surface area (Å²) in [6.07, 6.45) is 1.99. The molecule has 0 amide bonds. The number of nitrogens with zero attached hydrogens (tertiary/aromatic N) is 2. The predicted molar refractivity (Wildman–Crippen MR) is 207 cm³/mol. The maximum absolute atomic E-state index is 6.17. The van der Waals surface area contributed by atoms with Crippen molar-refractivity contribution in [2.24, 2.45) is 0 Å². The normalized spacial score (nSPS) is 11.7. The third kappa shape index (κ3) is 4.61. The molecule has 0 saturated heterocycles. The summed E-state index contributed by atoms with van der Waals surface area (Å²) in [5, 5.41) is 5.83. The van der Waals surface area contributed by atoms with E-state index < -0.39 is 0 Å². The van der Waals surface area contributed by atoms with E-state index in [1.54, 1.807) is 0 Å². The smallest absolute Gasteiger partial charge is 0.137 e. The molecule has 0 aliphatic rings. The second-order valence-electron chi connectivity index (χ2n) is 12.4. The average Bonchev–Trinajstić information content (AvgIpc) is 3.75. The van der Waals surface area contributed by atoms with E-state index in [2.05, 4.69) is 157 Å². The Bertz CT molecular complexity index is 2810. The van der Waals surface area contributed by atoms with Gasteiger partial charge in [0.2, 0.25) is 0 Å². The van der Waals surface area contributed by atoms with Crippen LogP contribution in [-0.2, 0) is 0 Å². The maximum Gasteiger partial charge on any atom is 0.137 e. The summed E-state index contributed by atoms with van der Waals surface area (Å²) in [4.78, 5) is 7.38. The molecule has 3 nitrogen and oxygen atoms in total. The third-order valence-corrected chi connectivity index (χ3v) is 10.7. The number of pyridine rings is 1. The maximum atomic E-state index is 6.17. The van der Waals surface area contributed by atoms with Crippen LogP contribution in [0.15, 0.2) is 174 Å². The first-order chi connectivity index (χ1) is 24.3. The second kappa shape index (κ2) is 11.2. The molecule has 0 spiro atoms. The van der Waals surface area contributed by atoms with Crippen molar-refractivity contribution >= 4 is 81.4 Å². The van der Waals surface area contributed by atoms with E-state index in [0.717, 1.165) is 49.9 Å². The molecule has 0 bridgehead atoms. The fraction of sp³-hybridized carbons (Fsp3) is 0. The van der Waals surface area contributed by atoms with E-state index in [9.17, 15) is 0 Å². The number of thiophene rings is 1. The summed E-state index contributed by atoms with van der Waals surface area (Å²) < 4.78 is 8.80. The van der Waals surface area contributed by atoms with Gasteiger partial charge in [-0.05, 0) is 76.9 Å². The molecule has 3 heterocycles. The van der Waals surface area contributed by atoms with Crippen molar-refractivity contribution < 1.29 is 4.42 Å². The topological polar surface area (TPSA) is 29.3 Å². The van der Waals surface area contributed by atoms with Gasteiger partial charge < -0.3 is 9.32 Å². The first-order valence-electron chi connectivity index (χ1n) is 16.4. The highest BCUT2D eigenvalue weighted by molar-refractivity contribution is 7.26. The van der Waals surface area contributed by atoms with Gasteiger partial charge in [0.1, 0.15) is 11.2 Å². The summed E-state index contributed by atoms with van der Waals surface area (Å²) in [5.41, 5.74) is 10.6. The Balaban J connectivity index is 1.11. The van der Waals surface area contributed by atoms with Gasteiger partial charge in [-0.2, -0.15) is 0 Å². The van der Waals surface area contributed by atoms with E-state index in [-0.39, 0.29) is 0 Å². The Kier molecular flexibility index (Phi) is 6.36. The van der Waals surface area contributed by atoms with Crippen molar-refractivity contribution in [3.8, 4) is 22.3 Å². The quantitative estimate of drug-likeness (QED) is 0.187. The van der Waals surface area contributed by atoms with Crippen LogP contribution in [-0.4, -0.2) is 4.98 Å². The minimum atomic E-state index is 0.853. The molecule has 0 fully saturated rings. The predicted octanol–water partition coefficient (Wildman–Crippen LogP) is 13.3. The Morgan fingerprint density at radius 1 is 0.490 bits per heavy atom. The van der Waals surface area contributed by atoms with E-state index in [0.29, 0.717) is 0 Å². The van der Waals surface area contributed by atoms with Gasteiger partial charge in [-0.25, -0.2) is 0 Å². The van der Waals surface area contributed by atoms with Gasteiger partial charge >= 0.3 is 0 Å². The lowest BCUT2D eigenvalue weighted by molar-refractivity contribution is 0.669. The number of hydrogen-bond donors (Lipinski definition) is 0. The monoisotopic (exact) mass is 644 g/mol. The molecule has 49 heavy (non-hydrogen) atoms. The van der Waals surface area contributed by atoms with Crippen LogP contribution in [0, 0.1) is 0 Å². The highest BCUT2D eigenvalue weighted by Gasteiger charge is 2.18. The molecule has 0 unspecified atom stereocenters. The van der Waals surface area contributed by atoms with Crippen LogP contribution in [0.1, 0.15) is 0 Å². The molecule has 3 aromatic heterocycles. The van der Waals surface area contributed by atoms with Crippen molar-refractivity contribution in [2.75, 3.05) is 4.90 Å². The minimum Gasteiger partial charge on any atom is -0.456 e. The average molecular weight is 645 g/mol. The standard InChI is InChI=1S/C45H28N2OS/c1-2-9-29(10-3-1)30-17-22-33(23-18-30)47(35-27-32-21-26-41-43(44(32)46-28-35)39-12-4-6-15-40(39)48-41)34-24-19-31(20-25-34)36-13-8-14-38-37-11-5-7-16-42(37)49-45(36)38/h1-28H. The molecule has 0 saturated carbocycles. The molecule has 10 aromatic rings. The summed E-state index contributed by atoms with van der Waals surface area (Å²) in [7, 11) is 0. The number of rotatable bonds is 5. The summed E-state index contributed by atoms with van der Waals surface area (Å²) in [5.74, 6) is 0. The zero-order chi connectivity index (χ0) is 32.3. The Hall–Kier alpha value is -6.23. The third-order valence-electron chi connectivity index (χ3n) is 9.51. The Labute approximate surface area is 286 Å². The molecule has 7 aromatic carbocycles. The van der Waals surface area contributed by atoms with Crippen LogP contribution in [0.5, 0.6) is 0 Å². The molecule has 10 rings (SSSR count). The number of anilines is 3. The van der Waals surface area contributed by atoms with E-state index in [1.165, 1.54) is 42.4 Å². The number of para-hydroxylation sites is 1. The Morgan fingerprint density at radius 2 is 1.16 bits per heavy atom. The lowest BCUT2D eigenvalue weighted by Crippen LogP contribution is -2.10. The number of furan rings is 1. The van der Waals surface area contributed by atoms with E-state index >= 15 is 0 Å². The fourth-order valence-corrected chi connectivity index (χ4v) is 8.40. The van der Waals surface area contributed by atoms with Gasteiger partial charge in [-0.15, -0.1) is 11.3 Å². The highest BCUT2D eigenvalue weighted by Crippen LogP contribution is 2.42. The number of fused-ring (bicyclic) bond motifs is 8. The SMILES string of the molecule is c1ccc(-c2ccc(N(c3ccc(-c4cccc5c4sc4ccccc45)cc3)c3cnc4c(ccc5oc6ccccc6c54)c3)cc2)cc1. The van der Waals surface area contributed by atoms with Gasteiger partial charge in [0.25, 0.3) is 0 Å². The van der Waals surface area contributed by atoms with Gasteiger partial charge in [0.05, 0.1) is 22.8 Å². The van der Waals surface area contributed by atoms with E-state index in [4.69, 9.17) is 9.40 Å². The van der Waals surface area contributed by atoms with Crippen molar-refractivity contribution in [1.29, 1.82) is 0 Å². The minimum absolute atomic E-state index is 0.853. The number of benzene rings is 7. The van der Waals surface area contributed by atoms with Gasteiger partial charge in [0.15, 0.2) is 0 Å². The zero-order valence-electron chi connectivity index (χ0n) is 26.4. The number of hydrogen-bond acceptors (Lipinski definition) is 4. The highest BCUT2D eigenvalue weighted by atomic mass is 32.1. The van der Waals surface area contributed by atoms with Gasteiger partial charge in [0, 0.05) is 42.3 Å². The molecular formula is C45H28N2OS. The van der Waals surface area contributed by atoms with Crippen LogP contribution in [0.25, 0.3) is 75.3 Å². The summed E-state index contributed by atoms with van der Waals surface area (Å²) in [6.45, 7) is 0. The molecule has 0 radical (unpaired) electrons. The van der Waals surface area contributed by atoms with Crippen LogP contribution >= 0.6 is 11.3 Å². The molecule has 0 N–H and O–H groups in total. The lowest BCUT2D eigenvalue weighted by Gasteiger charge is -2.26. The van der Waals surface area contributed by atoms with Crippen molar-refractivity contribution in [3.63, 3.8) is 0 Å². The van der Waals surface area contributed by atoms with Crippen LogP contribution < -0.4 is 4.90 Å². The first-order valence-corrected chi connectivity index (χ1v) is 17.3. The van der Waals surface area contributed by atoms with Crippen LogP contribution in [0.3, 0.4) is 0 Å². The number of aromatic nitrogens is 1. The second-order valence-corrected chi connectivity index (χ2v) is 13.4. The first kappa shape index (κ1) is 27.8. The van der Waals surface area contributed by atoms with Crippen LogP contribution in [0.4, 0.5) is 17.1 Å². The van der Waals surface area contributed by atoms with E-state index in [1.807, 2.05) is 29.7 Å². The van der Waals surface area contributed by atoms with Crippen molar-refractivity contribution in [1.82, 2.24) is 4.98 Å². The zero-order valence-corrected chi connectivity index (χ0v) is 27.2. The van der Waals surface area contributed by atoms with Gasteiger partial charge in [-0.3, -0.25) is 4.98 Å². The summed E-state index contributed by atoms with van der Waals surface area (Å²) >= 11 is 1.86. The molecule has 4 heteroatoms. The lowest BCUT2D eigenvalue weighted by atomic mass is 10.0. The molecule has 0 aliphatic carbocycles. The molecule has 0 aliphatic heterocycles. The fourth-order valence-electron chi connectivity index (χ4n) is 7.17. The molecule has 230 valence electrons. The largest absolute Gasteiger partial charge is 0.456 e. The Morgan fingerprint density at radius 3 is 1.98 bits per heavy atom. The molecule has 0 atom stereocenters. The summed E-state index contributed by atoms with van der Waals surface area (Å²) in [6, 6.07) is 58.2. The van der Waals surface area contributed by atoms with Crippen molar-refractivity contribution in [2.45, 2.75) is 0 Å². The van der Waals surface area contributed by atoms with Crippen molar-refractivity contribution in [3.05, 3.63) is 170 Å². The molecular weight excluding hydrogens is 617 g/mol. The van der Waals surface area contributed by atoms with Crippen LogP contribution in [0.2, 0.25) is 0 Å². The van der Waals surface area contributed by atoms with Gasteiger partial charge in [-0.1, -0.05) is 109 Å².